The summed E-state index contributed by atoms with van der Waals surface area (Å²) in [4.78, 5) is 17.2. The molecule has 1 aromatic heterocycles. The van der Waals surface area contributed by atoms with Gasteiger partial charge in [0.05, 0.1) is 23.3 Å². The van der Waals surface area contributed by atoms with Crippen LogP contribution in [0.2, 0.25) is 0 Å². The Morgan fingerprint density at radius 3 is 2.70 bits per heavy atom. The lowest BCUT2D eigenvalue weighted by molar-refractivity contribution is -0.125. The zero-order chi connectivity index (χ0) is 19.6. The second kappa shape index (κ2) is 7.79. The van der Waals surface area contributed by atoms with Crippen molar-refractivity contribution in [3.8, 4) is 11.1 Å². The number of likely N-dealkylation sites (N-methyl/N-ethyl adjacent to an activating group) is 1. The second-order valence-electron chi connectivity index (χ2n) is 7.86. The molecule has 2 atom stereocenters. The van der Waals surface area contributed by atoms with E-state index in [2.05, 4.69) is 40.7 Å². The summed E-state index contributed by atoms with van der Waals surface area (Å²) in [6.45, 7) is 6.70. The summed E-state index contributed by atoms with van der Waals surface area (Å²) in [5.41, 5.74) is 4.37. The topological polar surface area (TPSA) is 74.2 Å². The smallest absolute Gasteiger partial charge is 0.229 e. The number of hydrogen-bond acceptors (Lipinski definition) is 4. The number of benzene rings is 1. The molecule has 1 saturated heterocycles. The van der Waals surface area contributed by atoms with Gasteiger partial charge in [0.2, 0.25) is 5.91 Å². The number of aliphatic hydroxyl groups excluding tert-OH is 1. The van der Waals surface area contributed by atoms with Crippen LogP contribution in [-0.4, -0.2) is 35.7 Å². The number of nitrogens with zero attached hydrogens (tertiary/aromatic N) is 1. The summed E-state index contributed by atoms with van der Waals surface area (Å²) in [7, 11) is 1.66. The number of hydrogen-bond donors (Lipinski definition) is 3. The number of pyridine rings is 1. The lowest BCUT2D eigenvalue weighted by Gasteiger charge is -2.30. The fourth-order valence-corrected chi connectivity index (χ4v) is 3.82. The van der Waals surface area contributed by atoms with Gasteiger partial charge in [0.1, 0.15) is 0 Å². The van der Waals surface area contributed by atoms with Crippen LogP contribution in [0.25, 0.3) is 11.1 Å². The number of aryl methyl sites for hydroxylation is 1. The van der Waals surface area contributed by atoms with Crippen molar-refractivity contribution in [1.82, 2.24) is 15.6 Å². The highest BCUT2D eigenvalue weighted by molar-refractivity contribution is 5.90. The molecule has 0 saturated carbocycles. The van der Waals surface area contributed by atoms with Crippen molar-refractivity contribution in [3.63, 3.8) is 0 Å². The second-order valence-corrected chi connectivity index (χ2v) is 7.86. The van der Waals surface area contributed by atoms with Crippen molar-refractivity contribution in [2.45, 2.75) is 51.2 Å². The largest absolute Gasteiger partial charge is 0.393 e. The monoisotopic (exact) mass is 367 g/mol. The van der Waals surface area contributed by atoms with Gasteiger partial charge in [0.25, 0.3) is 0 Å². The van der Waals surface area contributed by atoms with Gasteiger partial charge in [-0.1, -0.05) is 24.3 Å². The van der Waals surface area contributed by atoms with Gasteiger partial charge in [-0.15, -0.1) is 0 Å². The SMILES string of the molecule is CNC(=O)C(C)(C)c1cnc(C2CC(O)CCN2)cc1-c1ccccc1C. The average Bonchev–Trinajstić information content (AvgIpc) is 2.67. The van der Waals surface area contributed by atoms with E-state index in [0.29, 0.717) is 6.42 Å². The fourth-order valence-electron chi connectivity index (χ4n) is 3.82. The van der Waals surface area contributed by atoms with Crippen molar-refractivity contribution < 1.29 is 9.90 Å². The van der Waals surface area contributed by atoms with Crippen molar-refractivity contribution in [2.75, 3.05) is 13.6 Å². The Balaban J connectivity index is 2.14. The molecule has 2 heterocycles. The maximum absolute atomic E-state index is 12.5. The Morgan fingerprint density at radius 1 is 1.30 bits per heavy atom. The van der Waals surface area contributed by atoms with Gasteiger partial charge >= 0.3 is 0 Å². The highest BCUT2D eigenvalue weighted by atomic mass is 16.3. The summed E-state index contributed by atoms with van der Waals surface area (Å²) in [5, 5.41) is 16.3. The Labute approximate surface area is 161 Å². The van der Waals surface area contributed by atoms with Gasteiger partial charge in [-0.25, -0.2) is 0 Å². The van der Waals surface area contributed by atoms with Crippen LogP contribution in [0.4, 0.5) is 0 Å². The molecule has 1 aliphatic rings. The Hall–Kier alpha value is -2.24. The third-order valence-electron chi connectivity index (χ3n) is 5.56. The zero-order valence-corrected chi connectivity index (χ0v) is 16.5. The van der Waals surface area contributed by atoms with Gasteiger partial charge in [-0.2, -0.15) is 0 Å². The van der Waals surface area contributed by atoms with Crippen LogP contribution in [0.5, 0.6) is 0 Å². The number of carbonyl (C=O) groups excluding carboxylic acids is 1. The normalized spacial score (nSPS) is 20.3. The molecule has 5 heteroatoms. The Morgan fingerprint density at radius 2 is 2.04 bits per heavy atom. The van der Waals surface area contributed by atoms with Crippen molar-refractivity contribution in [1.29, 1.82) is 0 Å². The van der Waals surface area contributed by atoms with Crippen LogP contribution in [0.1, 0.15) is 49.6 Å². The molecule has 3 rings (SSSR count). The minimum absolute atomic E-state index is 0.0219. The Bertz CT molecular complexity index is 832. The maximum Gasteiger partial charge on any atom is 0.229 e. The number of carbonyl (C=O) groups is 1. The molecule has 0 radical (unpaired) electrons. The molecule has 1 aliphatic heterocycles. The molecule has 2 unspecified atom stereocenters. The summed E-state index contributed by atoms with van der Waals surface area (Å²) < 4.78 is 0. The number of nitrogens with one attached hydrogen (secondary N) is 2. The first-order valence-electron chi connectivity index (χ1n) is 9.54. The summed E-state index contributed by atoms with van der Waals surface area (Å²) in [6.07, 6.45) is 2.94. The predicted molar refractivity (Wildman–Crippen MR) is 107 cm³/mol. The molecule has 1 amide bonds. The predicted octanol–water partition coefficient (Wildman–Crippen LogP) is 2.87. The van der Waals surface area contributed by atoms with E-state index in [-0.39, 0.29) is 18.1 Å². The minimum Gasteiger partial charge on any atom is -0.393 e. The van der Waals surface area contributed by atoms with Crippen LogP contribution in [0.15, 0.2) is 36.5 Å². The number of aliphatic hydroxyl groups is 1. The van der Waals surface area contributed by atoms with Gasteiger partial charge < -0.3 is 15.7 Å². The first-order valence-corrected chi connectivity index (χ1v) is 9.54. The van der Waals surface area contributed by atoms with Crippen LogP contribution in [0.3, 0.4) is 0 Å². The average molecular weight is 367 g/mol. The zero-order valence-electron chi connectivity index (χ0n) is 16.5. The molecule has 3 N–H and O–H groups in total. The van der Waals surface area contributed by atoms with E-state index in [9.17, 15) is 9.90 Å². The highest BCUT2D eigenvalue weighted by Crippen LogP contribution is 2.36. The molecule has 1 aromatic carbocycles. The molecule has 144 valence electrons. The van der Waals surface area contributed by atoms with E-state index in [1.807, 2.05) is 32.2 Å². The van der Waals surface area contributed by atoms with Gasteiger partial charge in [-0.05, 0) is 68.5 Å². The van der Waals surface area contributed by atoms with Gasteiger partial charge in [0, 0.05) is 13.2 Å². The van der Waals surface area contributed by atoms with E-state index < -0.39 is 5.41 Å². The fraction of sp³-hybridized carbons (Fsp3) is 0.455. The van der Waals surface area contributed by atoms with Crippen LogP contribution >= 0.6 is 0 Å². The number of piperidine rings is 1. The van der Waals surface area contributed by atoms with E-state index in [4.69, 9.17) is 0 Å². The maximum atomic E-state index is 12.5. The third-order valence-corrected chi connectivity index (χ3v) is 5.56. The number of rotatable bonds is 4. The van der Waals surface area contributed by atoms with Crippen molar-refractivity contribution in [3.05, 3.63) is 53.3 Å². The van der Waals surface area contributed by atoms with E-state index in [1.54, 1.807) is 7.05 Å². The van der Waals surface area contributed by atoms with Crippen LogP contribution in [-0.2, 0) is 10.2 Å². The standard InChI is InChI=1S/C22H29N3O2/c1-14-7-5-6-8-16(14)17-12-20(19-11-15(26)9-10-24-19)25-13-18(17)22(2,3)21(27)23-4/h5-8,12-13,15,19,24,26H,9-11H2,1-4H3,(H,23,27). The molecular weight excluding hydrogens is 338 g/mol. The molecule has 2 aromatic rings. The van der Waals surface area contributed by atoms with E-state index >= 15 is 0 Å². The van der Waals surface area contributed by atoms with Crippen LogP contribution < -0.4 is 10.6 Å². The van der Waals surface area contributed by atoms with Crippen molar-refractivity contribution >= 4 is 5.91 Å². The molecule has 5 nitrogen and oxygen atoms in total. The lowest BCUT2D eigenvalue weighted by atomic mass is 9.79. The van der Waals surface area contributed by atoms with Gasteiger partial charge in [-0.3, -0.25) is 9.78 Å². The van der Waals surface area contributed by atoms with Crippen molar-refractivity contribution in [2.24, 2.45) is 0 Å². The molecule has 0 spiro atoms. The lowest BCUT2D eigenvalue weighted by Crippen LogP contribution is -2.39. The molecule has 27 heavy (non-hydrogen) atoms. The highest BCUT2D eigenvalue weighted by Gasteiger charge is 2.33. The summed E-state index contributed by atoms with van der Waals surface area (Å²) >= 11 is 0. The first kappa shape index (κ1) is 19.5. The molecule has 0 bridgehead atoms. The quantitative estimate of drug-likeness (QED) is 0.777. The molecule has 0 aliphatic carbocycles. The van der Waals surface area contributed by atoms with Gasteiger partial charge in [0.15, 0.2) is 0 Å². The third kappa shape index (κ3) is 3.89. The molecular formula is C22H29N3O2. The Kier molecular flexibility index (Phi) is 5.63. The first-order chi connectivity index (χ1) is 12.8. The van der Waals surface area contributed by atoms with E-state index in [0.717, 1.165) is 40.9 Å². The minimum atomic E-state index is -0.711. The summed E-state index contributed by atoms with van der Waals surface area (Å²) in [5.74, 6) is -0.0434. The van der Waals surface area contributed by atoms with E-state index in [1.165, 1.54) is 0 Å². The van der Waals surface area contributed by atoms with Crippen LogP contribution in [0, 0.1) is 6.92 Å². The number of amides is 1. The summed E-state index contributed by atoms with van der Waals surface area (Å²) in [6, 6.07) is 10.3. The molecule has 1 fully saturated rings. The number of aromatic nitrogens is 1.